The van der Waals surface area contributed by atoms with E-state index < -0.39 is 11.6 Å². The molecule has 0 bridgehead atoms. The standard InChI is InChI=1S/C23H31ClF2/c24-23-21(25)13-20(14-22(23)26)19-11-9-18(10-12-19)17-7-5-16(6-8-17)15-3-1-2-4-15/h13-19H,1-12H2. The molecule has 3 saturated carbocycles. The van der Waals surface area contributed by atoms with Crippen molar-refractivity contribution in [3.8, 4) is 0 Å². The van der Waals surface area contributed by atoms with Crippen LogP contribution < -0.4 is 0 Å². The average molecular weight is 381 g/mol. The highest BCUT2D eigenvalue weighted by Crippen LogP contribution is 2.47. The minimum Gasteiger partial charge on any atom is -0.205 e. The van der Waals surface area contributed by atoms with Crippen LogP contribution in [0.1, 0.15) is 88.5 Å². The van der Waals surface area contributed by atoms with E-state index in [2.05, 4.69) is 0 Å². The second-order valence-electron chi connectivity index (χ2n) is 9.13. The van der Waals surface area contributed by atoms with E-state index in [-0.39, 0.29) is 5.02 Å². The molecule has 0 unspecified atom stereocenters. The lowest BCUT2D eigenvalue weighted by atomic mass is 9.66. The third kappa shape index (κ3) is 3.96. The summed E-state index contributed by atoms with van der Waals surface area (Å²) in [4.78, 5) is 0. The van der Waals surface area contributed by atoms with Crippen LogP contribution in [0.2, 0.25) is 5.02 Å². The lowest BCUT2D eigenvalue weighted by Gasteiger charge is -2.39. The Kier molecular flexibility index (Phi) is 5.88. The zero-order chi connectivity index (χ0) is 18.1. The Morgan fingerprint density at radius 3 is 1.46 bits per heavy atom. The van der Waals surface area contributed by atoms with E-state index in [1.807, 2.05) is 0 Å². The number of hydrogen-bond acceptors (Lipinski definition) is 0. The molecule has 26 heavy (non-hydrogen) atoms. The molecular formula is C23H31ClF2. The summed E-state index contributed by atoms with van der Waals surface area (Å²) in [5, 5.41) is -0.374. The first-order valence-corrected chi connectivity index (χ1v) is 11.1. The largest absolute Gasteiger partial charge is 0.205 e. The smallest absolute Gasteiger partial charge is 0.145 e. The van der Waals surface area contributed by atoms with Crippen molar-refractivity contribution in [1.82, 2.24) is 0 Å². The lowest BCUT2D eigenvalue weighted by molar-refractivity contribution is 0.135. The van der Waals surface area contributed by atoms with Gasteiger partial charge in [0, 0.05) is 0 Å². The van der Waals surface area contributed by atoms with Crippen molar-refractivity contribution in [2.24, 2.45) is 23.7 Å². The number of halogens is 3. The fourth-order valence-electron chi connectivity index (χ4n) is 6.25. The molecule has 0 spiro atoms. The van der Waals surface area contributed by atoms with Crippen LogP contribution in [0, 0.1) is 35.3 Å². The molecule has 3 aliphatic carbocycles. The maximum absolute atomic E-state index is 13.8. The molecule has 0 N–H and O–H groups in total. The second-order valence-corrected chi connectivity index (χ2v) is 9.51. The minimum absolute atomic E-state index is 0.294. The first kappa shape index (κ1) is 18.7. The summed E-state index contributed by atoms with van der Waals surface area (Å²) in [6, 6.07) is 2.90. The van der Waals surface area contributed by atoms with Crippen LogP contribution in [0.15, 0.2) is 12.1 Å². The summed E-state index contributed by atoms with van der Waals surface area (Å²) < 4.78 is 27.5. The lowest BCUT2D eigenvalue weighted by Crippen LogP contribution is -2.27. The van der Waals surface area contributed by atoms with Crippen molar-refractivity contribution < 1.29 is 8.78 Å². The Hall–Kier alpha value is -0.630. The van der Waals surface area contributed by atoms with E-state index in [0.29, 0.717) is 5.92 Å². The molecule has 144 valence electrons. The van der Waals surface area contributed by atoms with Gasteiger partial charge in [-0.2, -0.15) is 0 Å². The Bertz CT molecular complexity index is 584. The molecule has 1 aromatic carbocycles. The van der Waals surface area contributed by atoms with Gasteiger partial charge < -0.3 is 0 Å². The molecule has 3 aliphatic rings. The summed E-state index contributed by atoms with van der Waals surface area (Å²) in [7, 11) is 0. The molecule has 3 heteroatoms. The molecule has 0 aromatic heterocycles. The molecule has 0 nitrogen and oxygen atoms in total. The van der Waals surface area contributed by atoms with E-state index in [9.17, 15) is 8.78 Å². The Balaban J connectivity index is 1.29. The highest BCUT2D eigenvalue weighted by molar-refractivity contribution is 6.30. The van der Waals surface area contributed by atoms with E-state index in [0.717, 1.165) is 42.1 Å². The van der Waals surface area contributed by atoms with Gasteiger partial charge in [0.2, 0.25) is 0 Å². The first-order chi connectivity index (χ1) is 12.6. The van der Waals surface area contributed by atoms with Crippen LogP contribution in [0.5, 0.6) is 0 Å². The molecule has 0 saturated heterocycles. The van der Waals surface area contributed by atoms with Crippen molar-refractivity contribution in [2.75, 3.05) is 0 Å². The zero-order valence-corrected chi connectivity index (χ0v) is 16.4. The normalized spacial score (nSPS) is 33.5. The highest BCUT2D eigenvalue weighted by atomic mass is 35.5. The van der Waals surface area contributed by atoms with E-state index in [4.69, 9.17) is 11.6 Å². The van der Waals surface area contributed by atoms with E-state index in [1.54, 1.807) is 0 Å². The van der Waals surface area contributed by atoms with Crippen molar-refractivity contribution in [2.45, 2.75) is 83.0 Å². The predicted molar refractivity (Wildman–Crippen MR) is 103 cm³/mol. The summed E-state index contributed by atoms with van der Waals surface area (Å²) in [6.07, 6.45) is 16.2. The van der Waals surface area contributed by atoms with Crippen LogP contribution in [-0.4, -0.2) is 0 Å². The SMILES string of the molecule is Fc1cc(C2CCC(C3CCC(C4CCCC4)CC3)CC2)cc(F)c1Cl. The fourth-order valence-corrected chi connectivity index (χ4v) is 6.36. The van der Waals surface area contributed by atoms with Gasteiger partial charge in [0.15, 0.2) is 0 Å². The molecular weight excluding hydrogens is 350 g/mol. The van der Waals surface area contributed by atoms with Gasteiger partial charge in [0.05, 0.1) is 0 Å². The van der Waals surface area contributed by atoms with Crippen LogP contribution in [0.3, 0.4) is 0 Å². The second kappa shape index (κ2) is 8.17. The number of hydrogen-bond donors (Lipinski definition) is 0. The summed E-state index contributed by atoms with van der Waals surface area (Å²) in [6.45, 7) is 0. The summed E-state index contributed by atoms with van der Waals surface area (Å²) in [5.41, 5.74) is 0.799. The van der Waals surface area contributed by atoms with Crippen molar-refractivity contribution in [3.63, 3.8) is 0 Å². The average Bonchev–Trinajstić information content (AvgIpc) is 3.21. The maximum atomic E-state index is 13.8. The van der Waals surface area contributed by atoms with Crippen LogP contribution >= 0.6 is 11.6 Å². The Labute approximate surface area is 161 Å². The number of rotatable bonds is 3. The molecule has 3 fully saturated rings. The van der Waals surface area contributed by atoms with Gasteiger partial charge in [0.25, 0.3) is 0 Å². The molecule has 0 atom stereocenters. The van der Waals surface area contributed by atoms with Gasteiger partial charge in [-0.1, -0.05) is 37.3 Å². The van der Waals surface area contributed by atoms with E-state index >= 15 is 0 Å². The van der Waals surface area contributed by atoms with Crippen LogP contribution in [-0.2, 0) is 0 Å². The van der Waals surface area contributed by atoms with Crippen LogP contribution in [0.4, 0.5) is 8.78 Å². The van der Waals surface area contributed by atoms with Gasteiger partial charge in [-0.05, 0) is 98.7 Å². The van der Waals surface area contributed by atoms with Gasteiger partial charge in [-0.15, -0.1) is 0 Å². The topological polar surface area (TPSA) is 0 Å². The first-order valence-electron chi connectivity index (χ1n) is 10.8. The quantitative estimate of drug-likeness (QED) is 0.467. The summed E-state index contributed by atoms with van der Waals surface area (Å²) in [5.74, 6) is 2.82. The monoisotopic (exact) mass is 380 g/mol. The molecule has 4 rings (SSSR count). The predicted octanol–water partition coefficient (Wildman–Crippen LogP) is 7.89. The van der Waals surface area contributed by atoms with Gasteiger partial charge >= 0.3 is 0 Å². The zero-order valence-electron chi connectivity index (χ0n) is 15.7. The Morgan fingerprint density at radius 2 is 1.00 bits per heavy atom. The molecule has 0 heterocycles. The van der Waals surface area contributed by atoms with Crippen molar-refractivity contribution in [1.29, 1.82) is 0 Å². The molecule has 0 aliphatic heterocycles. The van der Waals surface area contributed by atoms with Crippen molar-refractivity contribution >= 4 is 11.6 Å². The molecule has 0 radical (unpaired) electrons. The van der Waals surface area contributed by atoms with E-state index in [1.165, 1.54) is 76.3 Å². The fraction of sp³-hybridized carbons (Fsp3) is 0.739. The van der Waals surface area contributed by atoms with Gasteiger partial charge in [-0.25, -0.2) is 8.78 Å². The van der Waals surface area contributed by atoms with Gasteiger partial charge in [0.1, 0.15) is 16.7 Å². The third-order valence-corrected chi connectivity index (χ3v) is 8.16. The molecule has 1 aromatic rings. The Morgan fingerprint density at radius 1 is 0.615 bits per heavy atom. The van der Waals surface area contributed by atoms with Gasteiger partial charge in [-0.3, -0.25) is 0 Å². The molecule has 0 amide bonds. The highest BCUT2D eigenvalue weighted by Gasteiger charge is 2.34. The number of benzene rings is 1. The third-order valence-electron chi connectivity index (χ3n) is 7.80. The van der Waals surface area contributed by atoms with Crippen molar-refractivity contribution in [3.05, 3.63) is 34.4 Å². The van der Waals surface area contributed by atoms with Crippen LogP contribution in [0.25, 0.3) is 0 Å². The maximum Gasteiger partial charge on any atom is 0.145 e. The minimum atomic E-state index is -0.617. The summed E-state index contributed by atoms with van der Waals surface area (Å²) >= 11 is 5.62.